The smallest absolute Gasteiger partial charge is 0.241 e. The molecule has 18 heavy (non-hydrogen) atoms. The molecule has 0 spiro atoms. The Morgan fingerprint density at radius 2 is 2.22 bits per heavy atom. The van der Waals surface area contributed by atoms with Gasteiger partial charge in [0, 0.05) is 32.7 Å². The molecule has 1 heterocycles. The molecule has 8 heteroatoms. The Morgan fingerprint density at radius 1 is 1.50 bits per heavy atom. The molecule has 0 saturated carbocycles. The van der Waals surface area contributed by atoms with E-state index in [-0.39, 0.29) is 36.4 Å². The van der Waals surface area contributed by atoms with Crippen molar-refractivity contribution < 1.29 is 4.79 Å². The standard InChI is InChI=1S/C10H17N5OS.HI/c1-11-10(14-7-9(16)15(2)3)13-6-8-12-4-5-17-8;/h4-5H,6-7H2,1-3H3,(H2,11,13,14);1H. The molecule has 102 valence electrons. The first-order valence-electron chi connectivity index (χ1n) is 5.16. The molecule has 0 aliphatic rings. The molecule has 0 fully saturated rings. The highest BCUT2D eigenvalue weighted by Gasteiger charge is 2.05. The number of aromatic nitrogens is 1. The van der Waals surface area contributed by atoms with Crippen molar-refractivity contribution in [1.82, 2.24) is 20.5 Å². The number of rotatable bonds is 4. The lowest BCUT2D eigenvalue weighted by Gasteiger charge is -2.13. The van der Waals surface area contributed by atoms with Gasteiger partial charge in [-0.1, -0.05) is 0 Å². The van der Waals surface area contributed by atoms with Gasteiger partial charge in [0.25, 0.3) is 0 Å². The van der Waals surface area contributed by atoms with Crippen molar-refractivity contribution in [2.45, 2.75) is 6.54 Å². The van der Waals surface area contributed by atoms with Crippen molar-refractivity contribution in [1.29, 1.82) is 0 Å². The molecule has 6 nitrogen and oxygen atoms in total. The highest BCUT2D eigenvalue weighted by Crippen LogP contribution is 2.02. The quantitative estimate of drug-likeness (QED) is 0.452. The molecule has 0 unspecified atom stereocenters. The zero-order valence-corrected chi connectivity index (χ0v) is 13.8. The maximum absolute atomic E-state index is 11.4. The van der Waals surface area contributed by atoms with Gasteiger partial charge in [0.05, 0.1) is 13.1 Å². The van der Waals surface area contributed by atoms with Gasteiger partial charge >= 0.3 is 0 Å². The van der Waals surface area contributed by atoms with E-state index < -0.39 is 0 Å². The van der Waals surface area contributed by atoms with Crippen molar-refractivity contribution in [2.24, 2.45) is 4.99 Å². The van der Waals surface area contributed by atoms with E-state index in [2.05, 4.69) is 20.6 Å². The first-order chi connectivity index (χ1) is 8.13. The van der Waals surface area contributed by atoms with Crippen LogP contribution in [0.1, 0.15) is 5.01 Å². The number of carbonyl (C=O) groups excluding carboxylic acids is 1. The molecule has 2 N–H and O–H groups in total. The van der Waals surface area contributed by atoms with Crippen molar-refractivity contribution in [3.8, 4) is 0 Å². The minimum absolute atomic E-state index is 0. The molecule has 1 rings (SSSR count). The number of carbonyl (C=O) groups is 1. The summed E-state index contributed by atoms with van der Waals surface area (Å²) in [5, 5.41) is 8.92. The number of hydrogen-bond donors (Lipinski definition) is 2. The van der Waals surface area contributed by atoms with Gasteiger partial charge in [-0.2, -0.15) is 0 Å². The van der Waals surface area contributed by atoms with Gasteiger partial charge < -0.3 is 15.5 Å². The van der Waals surface area contributed by atoms with Crippen LogP contribution in [0.25, 0.3) is 0 Å². The third kappa shape index (κ3) is 6.15. The molecule has 1 amide bonds. The van der Waals surface area contributed by atoms with E-state index in [9.17, 15) is 4.79 Å². The molecule has 0 aromatic carbocycles. The number of amides is 1. The van der Waals surface area contributed by atoms with E-state index in [4.69, 9.17) is 0 Å². The zero-order chi connectivity index (χ0) is 12.7. The van der Waals surface area contributed by atoms with Crippen LogP contribution in [-0.2, 0) is 11.3 Å². The van der Waals surface area contributed by atoms with Crippen LogP contribution in [0.3, 0.4) is 0 Å². The molecule has 1 aromatic rings. The van der Waals surface area contributed by atoms with Crippen molar-refractivity contribution >= 4 is 47.2 Å². The van der Waals surface area contributed by atoms with E-state index in [1.807, 2.05) is 5.38 Å². The van der Waals surface area contributed by atoms with Gasteiger partial charge in [0.15, 0.2) is 5.96 Å². The van der Waals surface area contributed by atoms with Crippen molar-refractivity contribution in [3.05, 3.63) is 16.6 Å². The Hall–Kier alpha value is -0.900. The Bertz CT molecular complexity index is 380. The van der Waals surface area contributed by atoms with Crippen LogP contribution in [0.15, 0.2) is 16.6 Å². The highest BCUT2D eigenvalue weighted by molar-refractivity contribution is 14.0. The topological polar surface area (TPSA) is 69.6 Å². The second kappa shape index (κ2) is 9.09. The minimum atomic E-state index is 0. The maximum atomic E-state index is 11.4. The average Bonchev–Trinajstić information content (AvgIpc) is 2.81. The molecule has 0 atom stereocenters. The van der Waals surface area contributed by atoms with E-state index in [1.165, 1.54) is 4.90 Å². The van der Waals surface area contributed by atoms with E-state index in [0.29, 0.717) is 12.5 Å². The number of aliphatic imine (C=N–C) groups is 1. The van der Waals surface area contributed by atoms with Crippen LogP contribution in [0.2, 0.25) is 0 Å². The molecule has 1 aromatic heterocycles. The molecular weight excluding hydrogens is 365 g/mol. The first kappa shape index (κ1) is 17.1. The van der Waals surface area contributed by atoms with Crippen LogP contribution in [0.5, 0.6) is 0 Å². The number of nitrogens with one attached hydrogen (secondary N) is 2. The van der Waals surface area contributed by atoms with Crippen LogP contribution < -0.4 is 10.6 Å². The Balaban J connectivity index is 0.00000289. The summed E-state index contributed by atoms with van der Waals surface area (Å²) in [6.45, 7) is 0.831. The summed E-state index contributed by atoms with van der Waals surface area (Å²) >= 11 is 1.57. The number of halogens is 1. The summed E-state index contributed by atoms with van der Waals surface area (Å²) in [5.74, 6) is 0.595. The van der Waals surface area contributed by atoms with Crippen LogP contribution in [-0.4, -0.2) is 49.4 Å². The van der Waals surface area contributed by atoms with Gasteiger partial charge in [-0.3, -0.25) is 9.79 Å². The Labute approximate surface area is 128 Å². The monoisotopic (exact) mass is 383 g/mol. The number of hydrogen-bond acceptors (Lipinski definition) is 4. The molecule has 0 radical (unpaired) electrons. The largest absolute Gasteiger partial charge is 0.350 e. The molecule has 0 bridgehead atoms. The first-order valence-corrected chi connectivity index (χ1v) is 6.04. The van der Waals surface area contributed by atoms with Gasteiger partial charge in [0.1, 0.15) is 5.01 Å². The second-order valence-corrected chi connectivity index (χ2v) is 4.47. The van der Waals surface area contributed by atoms with Gasteiger partial charge in [-0.25, -0.2) is 4.98 Å². The normalized spacial score (nSPS) is 10.5. The minimum Gasteiger partial charge on any atom is -0.350 e. The third-order valence-electron chi connectivity index (χ3n) is 2.02. The lowest BCUT2D eigenvalue weighted by atomic mass is 10.5. The molecular formula is C10H18IN5OS. The van der Waals surface area contributed by atoms with E-state index >= 15 is 0 Å². The van der Waals surface area contributed by atoms with Crippen molar-refractivity contribution in [3.63, 3.8) is 0 Å². The van der Waals surface area contributed by atoms with Crippen molar-refractivity contribution in [2.75, 3.05) is 27.7 Å². The zero-order valence-electron chi connectivity index (χ0n) is 10.6. The summed E-state index contributed by atoms with van der Waals surface area (Å²) in [6, 6.07) is 0. The van der Waals surface area contributed by atoms with Gasteiger partial charge in [-0.05, 0) is 0 Å². The average molecular weight is 383 g/mol. The van der Waals surface area contributed by atoms with Gasteiger partial charge in [-0.15, -0.1) is 35.3 Å². The lowest BCUT2D eigenvalue weighted by molar-refractivity contribution is -0.127. The Kier molecular flexibility index (Phi) is 8.63. The number of nitrogens with zero attached hydrogens (tertiary/aromatic N) is 3. The third-order valence-corrected chi connectivity index (χ3v) is 2.80. The van der Waals surface area contributed by atoms with Gasteiger partial charge in [0.2, 0.25) is 5.91 Å². The fourth-order valence-corrected chi connectivity index (χ4v) is 1.59. The number of thiazole rings is 1. The Morgan fingerprint density at radius 3 is 2.72 bits per heavy atom. The predicted molar refractivity (Wildman–Crippen MR) is 84.4 cm³/mol. The highest BCUT2D eigenvalue weighted by atomic mass is 127. The summed E-state index contributed by atoms with van der Waals surface area (Å²) in [6.07, 6.45) is 1.76. The SMILES string of the molecule is CN=C(NCC(=O)N(C)C)NCc1nccs1.I. The summed E-state index contributed by atoms with van der Waals surface area (Å²) < 4.78 is 0. The maximum Gasteiger partial charge on any atom is 0.241 e. The molecule has 0 aliphatic carbocycles. The van der Waals surface area contributed by atoms with Crippen LogP contribution in [0, 0.1) is 0 Å². The fourth-order valence-electron chi connectivity index (χ4n) is 1.04. The summed E-state index contributed by atoms with van der Waals surface area (Å²) in [4.78, 5) is 21.1. The fraction of sp³-hybridized carbons (Fsp3) is 0.500. The van der Waals surface area contributed by atoms with Crippen LogP contribution in [0.4, 0.5) is 0 Å². The molecule has 0 saturated heterocycles. The lowest BCUT2D eigenvalue weighted by Crippen LogP contribution is -2.42. The predicted octanol–water partition coefficient (Wildman–Crippen LogP) is 0.514. The summed E-state index contributed by atoms with van der Waals surface area (Å²) in [5.41, 5.74) is 0. The van der Waals surface area contributed by atoms with E-state index in [1.54, 1.807) is 38.7 Å². The molecule has 0 aliphatic heterocycles. The summed E-state index contributed by atoms with van der Waals surface area (Å²) in [7, 11) is 5.10. The number of guanidine groups is 1. The second-order valence-electron chi connectivity index (χ2n) is 3.49. The van der Waals surface area contributed by atoms with E-state index in [0.717, 1.165) is 5.01 Å². The number of likely N-dealkylation sites (N-methyl/N-ethyl adjacent to an activating group) is 1. The van der Waals surface area contributed by atoms with Crippen LogP contribution >= 0.6 is 35.3 Å².